The second-order valence-electron chi connectivity index (χ2n) is 4.97. The Morgan fingerprint density at radius 2 is 1.86 bits per heavy atom. The van der Waals surface area contributed by atoms with Gasteiger partial charge in [-0.05, 0) is 34.5 Å². The minimum atomic E-state index is -0.145. The lowest BCUT2D eigenvalue weighted by molar-refractivity contribution is 0.479. The minimum Gasteiger partial charge on any atom is -0.459 e. The van der Waals surface area contributed by atoms with E-state index in [-0.39, 0.29) is 6.04 Å². The Morgan fingerprint density at radius 3 is 2.71 bits per heavy atom. The Morgan fingerprint density at radius 1 is 1.05 bits per heavy atom. The van der Waals surface area contributed by atoms with Crippen LogP contribution in [0.3, 0.4) is 0 Å². The molecular formula is C17H14N2OS. The van der Waals surface area contributed by atoms with Crippen molar-refractivity contribution >= 4 is 32.4 Å². The lowest BCUT2D eigenvalue weighted by Gasteiger charge is -2.12. The van der Waals surface area contributed by atoms with Crippen molar-refractivity contribution in [2.45, 2.75) is 6.04 Å². The summed E-state index contributed by atoms with van der Waals surface area (Å²) in [5, 5.41) is 4.45. The summed E-state index contributed by atoms with van der Waals surface area (Å²) in [5.41, 5.74) is 4.92. The van der Waals surface area contributed by atoms with Gasteiger partial charge in [-0.2, -0.15) is 0 Å². The Kier molecular flexibility index (Phi) is 3.00. The van der Waals surface area contributed by atoms with Gasteiger partial charge in [-0.25, -0.2) is 5.43 Å². The summed E-state index contributed by atoms with van der Waals surface area (Å²) in [6, 6.07) is 18.2. The van der Waals surface area contributed by atoms with Crippen LogP contribution in [0.15, 0.2) is 64.4 Å². The van der Waals surface area contributed by atoms with Gasteiger partial charge < -0.3 is 4.42 Å². The van der Waals surface area contributed by atoms with Crippen molar-refractivity contribution in [2.75, 3.05) is 0 Å². The minimum absolute atomic E-state index is 0.145. The number of fused-ring (bicyclic) bond motifs is 2. The first-order valence-corrected chi connectivity index (χ1v) is 7.65. The highest BCUT2D eigenvalue weighted by Gasteiger charge is 2.20. The molecule has 4 heteroatoms. The molecule has 21 heavy (non-hydrogen) atoms. The summed E-state index contributed by atoms with van der Waals surface area (Å²) in [7, 11) is 0. The monoisotopic (exact) mass is 294 g/mol. The third-order valence-electron chi connectivity index (χ3n) is 3.72. The molecule has 4 rings (SSSR count). The topological polar surface area (TPSA) is 51.2 Å². The van der Waals surface area contributed by atoms with Gasteiger partial charge in [0.15, 0.2) is 0 Å². The van der Waals surface area contributed by atoms with Gasteiger partial charge in [-0.1, -0.05) is 36.4 Å². The lowest BCUT2D eigenvalue weighted by Crippen LogP contribution is -2.28. The molecule has 3 nitrogen and oxygen atoms in total. The molecule has 0 bridgehead atoms. The van der Waals surface area contributed by atoms with Gasteiger partial charge in [0.2, 0.25) is 0 Å². The van der Waals surface area contributed by atoms with Gasteiger partial charge in [0.25, 0.3) is 0 Å². The molecule has 2 aromatic carbocycles. The van der Waals surface area contributed by atoms with Crippen molar-refractivity contribution in [3.8, 4) is 0 Å². The predicted octanol–water partition coefficient (Wildman–Crippen LogP) is 4.20. The highest BCUT2D eigenvalue weighted by atomic mass is 32.1. The molecule has 0 amide bonds. The number of thiophene rings is 1. The van der Waals surface area contributed by atoms with E-state index >= 15 is 0 Å². The van der Waals surface area contributed by atoms with E-state index in [1.54, 1.807) is 11.3 Å². The van der Waals surface area contributed by atoms with Gasteiger partial charge in [-0.15, -0.1) is 11.3 Å². The number of hydrogen-bond donors (Lipinski definition) is 2. The van der Waals surface area contributed by atoms with E-state index in [4.69, 9.17) is 10.3 Å². The first-order chi connectivity index (χ1) is 10.4. The van der Waals surface area contributed by atoms with Crippen molar-refractivity contribution < 1.29 is 4.42 Å². The maximum atomic E-state index is 5.96. The molecule has 0 saturated heterocycles. The fraction of sp³-hybridized carbons (Fsp3) is 0.0588. The summed E-state index contributed by atoms with van der Waals surface area (Å²) in [5.74, 6) is 6.64. The standard InChI is InChI=1S/C17H14N2OS/c18-19-17(13-10-21-16-8-4-2-6-12(13)16)15-9-11-5-1-3-7-14(11)20-15/h1-10,17,19H,18H2. The van der Waals surface area contributed by atoms with Crippen LogP contribution in [0.25, 0.3) is 21.1 Å². The van der Waals surface area contributed by atoms with Gasteiger partial charge in [0.05, 0.1) is 0 Å². The van der Waals surface area contributed by atoms with Crippen molar-refractivity contribution in [2.24, 2.45) is 5.84 Å². The van der Waals surface area contributed by atoms with Crippen LogP contribution in [-0.2, 0) is 0 Å². The first kappa shape index (κ1) is 12.6. The second-order valence-corrected chi connectivity index (χ2v) is 5.88. The van der Waals surface area contributed by atoms with E-state index < -0.39 is 0 Å². The molecule has 0 fully saturated rings. The maximum absolute atomic E-state index is 5.96. The molecular weight excluding hydrogens is 280 g/mol. The Bertz CT molecular complexity index is 876. The van der Waals surface area contributed by atoms with Gasteiger partial charge >= 0.3 is 0 Å². The van der Waals surface area contributed by atoms with Crippen LogP contribution in [0.5, 0.6) is 0 Å². The van der Waals surface area contributed by atoms with Gasteiger partial charge in [0, 0.05) is 10.1 Å². The molecule has 1 unspecified atom stereocenters. The molecule has 0 radical (unpaired) electrons. The SMILES string of the molecule is NNC(c1cc2ccccc2o1)c1csc2ccccc12. The summed E-state index contributed by atoms with van der Waals surface area (Å²) in [6.07, 6.45) is 0. The van der Waals surface area contributed by atoms with E-state index in [1.165, 1.54) is 10.1 Å². The molecule has 0 aliphatic heterocycles. The lowest BCUT2D eigenvalue weighted by atomic mass is 10.0. The number of hydrogen-bond acceptors (Lipinski definition) is 4. The van der Waals surface area contributed by atoms with E-state index in [9.17, 15) is 0 Å². The third-order valence-corrected chi connectivity index (χ3v) is 4.70. The summed E-state index contributed by atoms with van der Waals surface area (Å²) < 4.78 is 7.21. The average Bonchev–Trinajstić information content (AvgIpc) is 3.13. The summed E-state index contributed by atoms with van der Waals surface area (Å²) in [4.78, 5) is 0. The molecule has 3 N–H and O–H groups in total. The number of hydrazine groups is 1. The number of nitrogens with two attached hydrogens (primary N) is 1. The molecule has 4 aromatic rings. The highest BCUT2D eigenvalue weighted by molar-refractivity contribution is 7.17. The van der Waals surface area contributed by atoms with E-state index in [0.29, 0.717) is 0 Å². The number of rotatable bonds is 3. The molecule has 2 heterocycles. The van der Waals surface area contributed by atoms with Crippen LogP contribution < -0.4 is 11.3 Å². The van der Waals surface area contributed by atoms with Crippen molar-refractivity contribution in [3.63, 3.8) is 0 Å². The van der Waals surface area contributed by atoms with Crippen LogP contribution in [0.2, 0.25) is 0 Å². The summed E-state index contributed by atoms with van der Waals surface area (Å²) in [6.45, 7) is 0. The van der Waals surface area contributed by atoms with Crippen LogP contribution in [0.4, 0.5) is 0 Å². The number of nitrogens with one attached hydrogen (secondary N) is 1. The third kappa shape index (κ3) is 2.05. The fourth-order valence-electron chi connectivity index (χ4n) is 2.69. The Balaban J connectivity index is 1.87. The fourth-order valence-corrected chi connectivity index (χ4v) is 3.68. The molecule has 0 saturated carbocycles. The van der Waals surface area contributed by atoms with Crippen LogP contribution in [0.1, 0.15) is 17.4 Å². The van der Waals surface area contributed by atoms with Crippen LogP contribution >= 0.6 is 11.3 Å². The van der Waals surface area contributed by atoms with Gasteiger partial charge in [-0.3, -0.25) is 5.84 Å². The molecule has 104 valence electrons. The first-order valence-electron chi connectivity index (χ1n) is 6.77. The number of benzene rings is 2. The zero-order valence-corrected chi connectivity index (χ0v) is 12.1. The highest BCUT2D eigenvalue weighted by Crippen LogP contribution is 2.35. The maximum Gasteiger partial charge on any atom is 0.134 e. The predicted molar refractivity (Wildman–Crippen MR) is 87.2 cm³/mol. The molecule has 0 aliphatic carbocycles. The zero-order valence-electron chi connectivity index (χ0n) is 11.2. The quantitative estimate of drug-likeness (QED) is 0.440. The molecule has 1 atom stereocenters. The smallest absolute Gasteiger partial charge is 0.134 e. The largest absolute Gasteiger partial charge is 0.459 e. The summed E-state index contributed by atoms with van der Waals surface area (Å²) >= 11 is 1.72. The Labute approximate surface area is 126 Å². The van der Waals surface area contributed by atoms with Crippen molar-refractivity contribution in [1.29, 1.82) is 0 Å². The Hall–Kier alpha value is -2.14. The van der Waals surface area contributed by atoms with Crippen molar-refractivity contribution in [1.82, 2.24) is 5.43 Å². The molecule has 0 aliphatic rings. The second kappa shape index (κ2) is 5.00. The van der Waals surface area contributed by atoms with Crippen molar-refractivity contribution in [3.05, 3.63) is 71.3 Å². The number of furan rings is 1. The zero-order chi connectivity index (χ0) is 14.2. The number of para-hydroxylation sites is 1. The molecule has 0 spiro atoms. The normalized spacial score (nSPS) is 13.0. The van der Waals surface area contributed by atoms with E-state index in [2.05, 4.69) is 29.0 Å². The molecule has 2 aromatic heterocycles. The van der Waals surface area contributed by atoms with E-state index in [0.717, 1.165) is 22.3 Å². The van der Waals surface area contributed by atoms with Crippen LogP contribution in [0, 0.1) is 0 Å². The van der Waals surface area contributed by atoms with Gasteiger partial charge in [0.1, 0.15) is 17.4 Å². The van der Waals surface area contributed by atoms with Crippen LogP contribution in [-0.4, -0.2) is 0 Å². The van der Waals surface area contributed by atoms with E-state index in [1.807, 2.05) is 36.4 Å². The average molecular weight is 294 g/mol.